The van der Waals surface area contributed by atoms with E-state index in [2.05, 4.69) is 0 Å². The molecule has 0 aromatic carbocycles. The molecule has 0 aliphatic carbocycles. The van der Waals surface area contributed by atoms with Crippen LogP contribution in [-0.2, 0) is 4.79 Å². The van der Waals surface area contributed by atoms with E-state index in [0.717, 1.165) is 5.75 Å². The second-order valence-electron chi connectivity index (χ2n) is 1.84. The van der Waals surface area contributed by atoms with Crippen molar-refractivity contribution in [2.75, 3.05) is 5.75 Å². The number of hydrogen-bond acceptors (Lipinski definition) is 3. The average Bonchev–Trinajstić information content (AvgIpc) is 1.91. The monoisotopic (exact) mass is 157 g/mol. The molecule has 0 aromatic heterocycles. The number of nitrogens with zero attached hydrogens (tertiary/aromatic N) is 1. The van der Waals surface area contributed by atoms with E-state index in [1.54, 1.807) is 0 Å². The van der Waals surface area contributed by atoms with Gasteiger partial charge < -0.3 is 0 Å². The lowest BCUT2D eigenvalue weighted by atomic mass is 10.1. The third kappa shape index (κ3) is 2.88. The molecule has 0 radical (unpaired) electrons. The van der Waals surface area contributed by atoms with E-state index in [4.69, 9.17) is 5.26 Å². The molecule has 0 saturated heterocycles. The van der Waals surface area contributed by atoms with Gasteiger partial charge in [-0.2, -0.15) is 5.26 Å². The highest BCUT2D eigenvalue weighted by atomic mass is 32.2. The molecule has 1 atom stereocenters. The molecule has 0 aromatic rings. The Morgan fingerprint density at radius 2 is 2.30 bits per heavy atom. The predicted octanol–water partition coefficient (Wildman–Crippen LogP) is 1.82. The van der Waals surface area contributed by atoms with Crippen LogP contribution in [0.25, 0.3) is 0 Å². The number of carbonyl (C=O) groups excluding carboxylic acids is 1. The second-order valence-corrected chi connectivity index (χ2v) is 3.11. The molecule has 0 heterocycles. The first-order chi connectivity index (χ1) is 4.76. The quantitative estimate of drug-likeness (QED) is 0.627. The van der Waals surface area contributed by atoms with Crippen molar-refractivity contribution in [2.24, 2.45) is 5.92 Å². The molecule has 10 heavy (non-hydrogen) atoms. The summed E-state index contributed by atoms with van der Waals surface area (Å²) in [5.74, 6) is 0.363. The van der Waals surface area contributed by atoms with Gasteiger partial charge in [-0.25, -0.2) is 0 Å². The summed E-state index contributed by atoms with van der Waals surface area (Å²) in [7, 11) is 0. The molecular formula is C7H11NOS. The number of nitriles is 1. The fourth-order valence-corrected chi connectivity index (χ4v) is 1.26. The minimum atomic E-state index is -0.398. The lowest BCUT2D eigenvalue weighted by Crippen LogP contribution is -2.06. The standard InChI is InChI=1S/C7H11NOS/c1-3-6(5-8)7(9)10-4-2/h6H,3-4H2,1-2H3/t6-/m1/s1. The van der Waals surface area contributed by atoms with Gasteiger partial charge in [0.25, 0.3) is 0 Å². The van der Waals surface area contributed by atoms with Gasteiger partial charge in [0.15, 0.2) is 0 Å². The molecule has 0 saturated carbocycles. The van der Waals surface area contributed by atoms with E-state index in [9.17, 15) is 4.79 Å². The SMILES string of the molecule is CCSC(=O)[C@@H](C#N)CC. The summed E-state index contributed by atoms with van der Waals surface area (Å²) in [6.07, 6.45) is 0.627. The molecule has 56 valence electrons. The molecule has 0 rings (SSSR count). The molecular weight excluding hydrogens is 146 g/mol. The number of rotatable bonds is 3. The first-order valence-corrected chi connectivity index (χ1v) is 4.31. The van der Waals surface area contributed by atoms with Crippen molar-refractivity contribution in [3.05, 3.63) is 0 Å². The Morgan fingerprint density at radius 3 is 2.60 bits per heavy atom. The molecule has 0 fully saturated rings. The van der Waals surface area contributed by atoms with Gasteiger partial charge in [0, 0.05) is 0 Å². The highest BCUT2D eigenvalue weighted by Crippen LogP contribution is 2.12. The predicted molar refractivity (Wildman–Crippen MR) is 42.5 cm³/mol. The minimum Gasteiger partial charge on any atom is -0.286 e. The maximum atomic E-state index is 10.9. The van der Waals surface area contributed by atoms with Crippen molar-refractivity contribution in [1.82, 2.24) is 0 Å². The summed E-state index contributed by atoms with van der Waals surface area (Å²) in [4.78, 5) is 10.9. The molecule has 0 N–H and O–H groups in total. The Kier molecular flexibility index (Phi) is 5.05. The summed E-state index contributed by atoms with van der Waals surface area (Å²) >= 11 is 1.23. The van der Waals surface area contributed by atoms with E-state index >= 15 is 0 Å². The number of carbonyl (C=O) groups is 1. The van der Waals surface area contributed by atoms with Crippen molar-refractivity contribution in [3.63, 3.8) is 0 Å². The normalized spacial score (nSPS) is 12.1. The van der Waals surface area contributed by atoms with Crippen LogP contribution in [0.3, 0.4) is 0 Å². The van der Waals surface area contributed by atoms with Crippen molar-refractivity contribution in [3.8, 4) is 6.07 Å². The zero-order chi connectivity index (χ0) is 7.98. The molecule has 0 aliphatic heterocycles. The molecule has 0 spiro atoms. The Hall–Kier alpha value is -0.490. The first kappa shape index (κ1) is 9.51. The Balaban J connectivity index is 3.80. The Labute approximate surface area is 65.6 Å². The van der Waals surface area contributed by atoms with Crippen molar-refractivity contribution >= 4 is 16.9 Å². The average molecular weight is 157 g/mol. The maximum absolute atomic E-state index is 10.9. The van der Waals surface area contributed by atoms with Crippen LogP contribution in [0.4, 0.5) is 0 Å². The summed E-state index contributed by atoms with van der Waals surface area (Å²) in [5.41, 5.74) is 0. The van der Waals surface area contributed by atoms with Crippen molar-refractivity contribution in [2.45, 2.75) is 20.3 Å². The van der Waals surface area contributed by atoms with Crippen LogP contribution in [-0.4, -0.2) is 10.9 Å². The van der Waals surface area contributed by atoms with Crippen LogP contribution >= 0.6 is 11.8 Å². The molecule has 0 amide bonds. The largest absolute Gasteiger partial charge is 0.286 e. The van der Waals surface area contributed by atoms with Gasteiger partial charge in [0.05, 0.1) is 6.07 Å². The van der Waals surface area contributed by atoms with Gasteiger partial charge in [0.1, 0.15) is 5.92 Å². The van der Waals surface area contributed by atoms with Gasteiger partial charge in [-0.3, -0.25) is 4.79 Å². The third-order valence-electron chi connectivity index (χ3n) is 1.14. The zero-order valence-electron chi connectivity index (χ0n) is 6.26. The van der Waals surface area contributed by atoms with Gasteiger partial charge in [-0.1, -0.05) is 25.6 Å². The third-order valence-corrected chi connectivity index (χ3v) is 1.99. The van der Waals surface area contributed by atoms with E-state index in [1.807, 2.05) is 19.9 Å². The first-order valence-electron chi connectivity index (χ1n) is 3.32. The summed E-state index contributed by atoms with van der Waals surface area (Å²) in [6.45, 7) is 3.76. The number of hydrogen-bond donors (Lipinski definition) is 0. The van der Waals surface area contributed by atoms with E-state index in [-0.39, 0.29) is 5.12 Å². The van der Waals surface area contributed by atoms with Crippen molar-refractivity contribution in [1.29, 1.82) is 5.26 Å². The van der Waals surface area contributed by atoms with Crippen LogP contribution in [0.5, 0.6) is 0 Å². The van der Waals surface area contributed by atoms with Crippen LogP contribution in [0, 0.1) is 17.2 Å². The van der Waals surface area contributed by atoms with Gasteiger partial charge in [0.2, 0.25) is 5.12 Å². The molecule has 0 bridgehead atoms. The van der Waals surface area contributed by atoms with Crippen LogP contribution < -0.4 is 0 Å². The molecule has 0 unspecified atom stereocenters. The topological polar surface area (TPSA) is 40.9 Å². The number of thioether (sulfide) groups is 1. The van der Waals surface area contributed by atoms with Crippen LogP contribution in [0.1, 0.15) is 20.3 Å². The summed E-state index contributed by atoms with van der Waals surface area (Å²) < 4.78 is 0. The lowest BCUT2D eigenvalue weighted by Gasteiger charge is -2.00. The van der Waals surface area contributed by atoms with E-state index < -0.39 is 5.92 Å². The molecule has 0 aliphatic rings. The van der Waals surface area contributed by atoms with Crippen LogP contribution in [0.15, 0.2) is 0 Å². The second kappa shape index (κ2) is 5.31. The van der Waals surface area contributed by atoms with E-state index in [0.29, 0.717) is 6.42 Å². The fraction of sp³-hybridized carbons (Fsp3) is 0.714. The highest BCUT2D eigenvalue weighted by molar-refractivity contribution is 8.13. The van der Waals surface area contributed by atoms with Crippen LogP contribution in [0.2, 0.25) is 0 Å². The molecule has 3 heteroatoms. The molecule has 2 nitrogen and oxygen atoms in total. The smallest absolute Gasteiger partial charge is 0.206 e. The zero-order valence-corrected chi connectivity index (χ0v) is 7.07. The fourth-order valence-electron chi connectivity index (χ4n) is 0.554. The Morgan fingerprint density at radius 1 is 1.70 bits per heavy atom. The minimum absolute atomic E-state index is 0.00694. The van der Waals surface area contributed by atoms with Gasteiger partial charge in [-0.15, -0.1) is 0 Å². The van der Waals surface area contributed by atoms with E-state index in [1.165, 1.54) is 11.8 Å². The van der Waals surface area contributed by atoms with Gasteiger partial charge >= 0.3 is 0 Å². The van der Waals surface area contributed by atoms with Gasteiger partial charge in [-0.05, 0) is 12.2 Å². The van der Waals surface area contributed by atoms with Crippen molar-refractivity contribution < 1.29 is 4.79 Å². The Bertz CT molecular complexity index is 150. The highest BCUT2D eigenvalue weighted by Gasteiger charge is 2.14. The summed E-state index contributed by atoms with van der Waals surface area (Å²) in [6, 6.07) is 1.97. The summed E-state index contributed by atoms with van der Waals surface area (Å²) in [5, 5.41) is 8.45. The maximum Gasteiger partial charge on any atom is 0.206 e. The lowest BCUT2D eigenvalue weighted by molar-refractivity contribution is -0.113.